The molecule has 0 aromatic carbocycles. The molecule has 0 aliphatic heterocycles. The van der Waals surface area contributed by atoms with Gasteiger partial charge in [-0.1, -0.05) is 6.42 Å². The molecule has 1 heterocycles. The van der Waals surface area contributed by atoms with Crippen LogP contribution in [0.3, 0.4) is 0 Å². The summed E-state index contributed by atoms with van der Waals surface area (Å²) in [6.45, 7) is 0.288. The molecular weight excluding hydrogens is 287 g/mol. The van der Waals surface area contributed by atoms with Crippen LogP contribution in [-0.2, 0) is 22.3 Å². The number of rotatable bonds is 4. The second kappa shape index (κ2) is 5.67. The first-order valence-corrected chi connectivity index (χ1v) is 6.74. The number of hydrogen-bond donors (Lipinski definition) is 1. The van der Waals surface area contributed by atoms with E-state index in [1.165, 1.54) is 11.8 Å². The Morgan fingerprint density at radius 2 is 2.33 bits per heavy atom. The van der Waals surface area contributed by atoms with Gasteiger partial charge in [0.15, 0.2) is 0 Å². The van der Waals surface area contributed by atoms with Crippen LogP contribution < -0.4 is 5.73 Å². The average Bonchev–Trinajstić information content (AvgIpc) is 3.02. The minimum absolute atomic E-state index is 0.108. The number of halogens is 3. The van der Waals surface area contributed by atoms with Crippen molar-refractivity contribution in [1.82, 2.24) is 9.78 Å². The van der Waals surface area contributed by atoms with Gasteiger partial charge in [-0.05, 0) is 25.2 Å². The van der Waals surface area contributed by atoms with Gasteiger partial charge in [0.2, 0.25) is 0 Å². The highest BCUT2D eigenvalue weighted by Gasteiger charge is 2.46. The summed E-state index contributed by atoms with van der Waals surface area (Å²) in [5.74, 6) is -0.565. The summed E-state index contributed by atoms with van der Waals surface area (Å²) in [4.78, 5) is 11.8. The lowest BCUT2D eigenvalue weighted by Gasteiger charge is -2.28. The van der Waals surface area contributed by atoms with Crippen LogP contribution in [0, 0.1) is 5.92 Å². The maximum Gasteiger partial charge on any atom is 0.419 e. The van der Waals surface area contributed by atoms with Crippen molar-refractivity contribution in [1.29, 1.82) is 0 Å². The monoisotopic (exact) mass is 305 g/mol. The van der Waals surface area contributed by atoms with Crippen molar-refractivity contribution in [3.05, 3.63) is 18.0 Å². The van der Waals surface area contributed by atoms with E-state index in [0.717, 1.165) is 25.2 Å². The molecule has 2 N–H and O–H groups in total. The van der Waals surface area contributed by atoms with Crippen LogP contribution in [0.15, 0.2) is 12.4 Å². The largest absolute Gasteiger partial charge is 0.468 e. The molecule has 0 spiro atoms. The summed E-state index contributed by atoms with van der Waals surface area (Å²) >= 11 is 0. The molecular formula is C13H18F3N3O2. The molecule has 0 saturated heterocycles. The van der Waals surface area contributed by atoms with Crippen molar-refractivity contribution < 1.29 is 22.7 Å². The zero-order valence-electron chi connectivity index (χ0n) is 11.7. The van der Waals surface area contributed by atoms with Crippen LogP contribution in [-0.4, -0.2) is 28.4 Å². The zero-order valence-corrected chi connectivity index (χ0v) is 11.7. The number of nitrogens with two attached hydrogens (primary N) is 1. The molecule has 0 radical (unpaired) electrons. The number of aryl methyl sites for hydroxylation is 1. The Morgan fingerprint density at radius 1 is 1.62 bits per heavy atom. The predicted molar refractivity (Wildman–Crippen MR) is 68.1 cm³/mol. The first-order valence-electron chi connectivity index (χ1n) is 6.74. The summed E-state index contributed by atoms with van der Waals surface area (Å²) in [7, 11) is 1.29. The number of esters is 1. The highest BCUT2D eigenvalue weighted by Crippen LogP contribution is 2.37. The fourth-order valence-electron chi connectivity index (χ4n) is 2.88. The lowest BCUT2D eigenvalue weighted by molar-refractivity contribution is -0.148. The van der Waals surface area contributed by atoms with E-state index in [1.807, 2.05) is 0 Å². The van der Waals surface area contributed by atoms with E-state index in [4.69, 9.17) is 10.5 Å². The number of ether oxygens (including phenoxy) is 1. The Balaban J connectivity index is 1.99. The van der Waals surface area contributed by atoms with E-state index in [2.05, 4.69) is 5.10 Å². The van der Waals surface area contributed by atoms with Gasteiger partial charge in [-0.15, -0.1) is 0 Å². The number of aromatic nitrogens is 2. The number of hydrogen-bond acceptors (Lipinski definition) is 4. The summed E-state index contributed by atoms with van der Waals surface area (Å²) in [5.41, 5.74) is 4.30. The standard InChI is InChI=1S/C13H18F3N3O2/c1-21-11(20)12(17)5-2-3-9(12)4-6-19-8-10(7-18-19)13(14,15)16/h7-9H,2-6,17H2,1H3. The topological polar surface area (TPSA) is 70.1 Å². The molecule has 21 heavy (non-hydrogen) atoms. The third kappa shape index (κ3) is 3.20. The molecule has 1 aromatic heterocycles. The second-order valence-electron chi connectivity index (χ2n) is 5.40. The lowest BCUT2D eigenvalue weighted by atomic mass is 9.85. The molecule has 0 bridgehead atoms. The smallest absolute Gasteiger partial charge is 0.419 e. The highest BCUT2D eigenvalue weighted by molar-refractivity contribution is 5.81. The van der Waals surface area contributed by atoms with Gasteiger partial charge in [0, 0.05) is 12.7 Å². The van der Waals surface area contributed by atoms with Crippen molar-refractivity contribution in [2.75, 3.05) is 7.11 Å². The molecule has 1 aromatic rings. The van der Waals surface area contributed by atoms with Gasteiger partial charge in [-0.25, -0.2) is 0 Å². The zero-order chi connectivity index (χ0) is 15.7. The lowest BCUT2D eigenvalue weighted by Crippen LogP contribution is -2.51. The maximum atomic E-state index is 12.5. The van der Waals surface area contributed by atoms with Gasteiger partial charge < -0.3 is 10.5 Å². The predicted octanol–water partition coefficient (Wildman–Crippen LogP) is 1.96. The van der Waals surface area contributed by atoms with Crippen molar-refractivity contribution >= 4 is 5.97 Å². The molecule has 1 aliphatic carbocycles. The van der Waals surface area contributed by atoms with E-state index in [0.29, 0.717) is 12.8 Å². The molecule has 2 unspecified atom stereocenters. The quantitative estimate of drug-likeness (QED) is 0.863. The fraction of sp³-hybridized carbons (Fsp3) is 0.692. The van der Waals surface area contributed by atoms with Crippen molar-refractivity contribution in [2.45, 2.75) is 43.9 Å². The van der Waals surface area contributed by atoms with Gasteiger partial charge in [-0.2, -0.15) is 18.3 Å². The third-order valence-corrected chi connectivity index (χ3v) is 4.10. The van der Waals surface area contributed by atoms with Crippen LogP contribution in [0.2, 0.25) is 0 Å². The van der Waals surface area contributed by atoms with Gasteiger partial charge in [0.05, 0.1) is 18.9 Å². The van der Waals surface area contributed by atoms with Crippen molar-refractivity contribution in [3.63, 3.8) is 0 Å². The molecule has 1 aliphatic rings. The average molecular weight is 305 g/mol. The summed E-state index contributed by atoms with van der Waals surface area (Å²) in [5, 5.41) is 3.70. The number of nitrogens with zero attached hydrogens (tertiary/aromatic N) is 2. The summed E-state index contributed by atoms with van der Waals surface area (Å²) < 4.78 is 43.4. The maximum absolute atomic E-state index is 12.5. The Bertz CT molecular complexity index is 515. The van der Waals surface area contributed by atoms with Gasteiger partial charge >= 0.3 is 12.1 Å². The fourth-order valence-corrected chi connectivity index (χ4v) is 2.88. The number of carbonyl (C=O) groups is 1. The molecule has 118 valence electrons. The van der Waals surface area contributed by atoms with Crippen LogP contribution in [0.25, 0.3) is 0 Å². The minimum Gasteiger partial charge on any atom is -0.468 e. The highest BCUT2D eigenvalue weighted by atomic mass is 19.4. The SMILES string of the molecule is COC(=O)C1(N)CCCC1CCn1cc(C(F)(F)F)cn1. The first-order chi connectivity index (χ1) is 9.77. The van der Waals surface area contributed by atoms with E-state index in [9.17, 15) is 18.0 Å². The number of carbonyl (C=O) groups excluding carboxylic acids is 1. The van der Waals surface area contributed by atoms with Crippen molar-refractivity contribution in [2.24, 2.45) is 11.7 Å². The molecule has 5 nitrogen and oxygen atoms in total. The van der Waals surface area contributed by atoms with Gasteiger partial charge in [-0.3, -0.25) is 9.48 Å². The normalized spacial score (nSPS) is 26.0. The minimum atomic E-state index is -4.39. The Hall–Kier alpha value is -1.57. The molecule has 1 fully saturated rings. The van der Waals surface area contributed by atoms with E-state index in [1.54, 1.807) is 0 Å². The number of methoxy groups -OCH3 is 1. The van der Waals surface area contributed by atoms with Gasteiger partial charge in [0.1, 0.15) is 5.54 Å². The van der Waals surface area contributed by atoms with E-state index < -0.39 is 23.2 Å². The van der Waals surface area contributed by atoms with E-state index >= 15 is 0 Å². The van der Waals surface area contributed by atoms with E-state index in [-0.39, 0.29) is 12.5 Å². The Morgan fingerprint density at radius 3 is 2.90 bits per heavy atom. The molecule has 8 heteroatoms. The molecule has 2 atom stereocenters. The van der Waals surface area contributed by atoms with Crippen LogP contribution in [0.4, 0.5) is 13.2 Å². The summed E-state index contributed by atoms with van der Waals surface area (Å²) in [6, 6.07) is 0. The van der Waals surface area contributed by atoms with Crippen molar-refractivity contribution in [3.8, 4) is 0 Å². The van der Waals surface area contributed by atoms with Gasteiger partial charge in [0.25, 0.3) is 0 Å². The second-order valence-corrected chi connectivity index (χ2v) is 5.40. The first kappa shape index (κ1) is 15.8. The Labute approximate surface area is 120 Å². The van der Waals surface area contributed by atoms with Crippen LogP contribution in [0.1, 0.15) is 31.2 Å². The molecule has 2 rings (SSSR count). The van der Waals surface area contributed by atoms with Crippen LogP contribution in [0.5, 0.6) is 0 Å². The Kier molecular flexibility index (Phi) is 4.27. The molecule has 0 amide bonds. The molecule has 1 saturated carbocycles. The third-order valence-electron chi connectivity index (χ3n) is 4.10. The number of alkyl halides is 3. The summed E-state index contributed by atoms with van der Waals surface area (Å²) in [6.07, 6.45) is -0.0325. The van der Waals surface area contributed by atoms with Crippen LogP contribution >= 0.6 is 0 Å².